The molecule has 0 unspecified atom stereocenters. The van der Waals surface area contributed by atoms with E-state index in [-0.39, 0.29) is 0 Å². The summed E-state index contributed by atoms with van der Waals surface area (Å²) >= 11 is 6.32. The fourth-order valence-electron chi connectivity index (χ4n) is 3.17. The van der Waals surface area contributed by atoms with Crippen molar-refractivity contribution < 1.29 is 9.53 Å². The highest BCUT2D eigenvalue weighted by molar-refractivity contribution is 6.31. The molecule has 19 heavy (non-hydrogen) atoms. The fraction of sp³-hybridized carbons (Fsp3) is 0.562. The summed E-state index contributed by atoms with van der Waals surface area (Å²) in [5.41, 5.74) is 3.51. The van der Waals surface area contributed by atoms with Gasteiger partial charge in [-0.1, -0.05) is 30.5 Å². The summed E-state index contributed by atoms with van der Waals surface area (Å²) < 4.78 is 5.99. The Hall–Kier alpha value is -0.860. The molecular weight excluding hydrogens is 260 g/mol. The topological polar surface area (TPSA) is 26.3 Å². The molecule has 2 aliphatic rings. The Bertz CT molecular complexity index is 490. The van der Waals surface area contributed by atoms with Gasteiger partial charge < -0.3 is 4.74 Å². The normalized spacial score (nSPS) is 19.7. The van der Waals surface area contributed by atoms with Crippen molar-refractivity contribution in [1.29, 1.82) is 0 Å². The number of rotatable bonds is 3. The van der Waals surface area contributed by atoms with E-state index < -0.39 is 0 Å². The molecule has 1 fully saturated rings. The third-order valence-electron chi connectivity index (χ3n) is 4.28. The predicted octanol–water partition coefficient (Wildman–Crippen LogP) is 3.86. The van der Waals surface area contributed by atoms with Crippen molar-refractivity contribution in [2.45, 2.75) is 57.7 Å². The number of halogens is 1. The summed E-state index contributed by atoms with van der Waals surface area (Å²) in [6.07, 6.45) is 7.32. The Morgan fingerprint density at radius 2 is 2.00 bits per heavy atom. The van der Waals surface area contributed by atoms with Crippen LogP contribution in [0.3, 0.4) is 0 Å². The quantitative estimate of drug-likeness (QED) is 0.839. The molecule has 0 heterocycles. The number of carbonyl (C=O) groups is 1. The van der Waals surface area contributed by atoms with Crippen LogP contribution in [0.1, 0.15) is 48.8 Å². The lowest BCUT2D eigenvalue weighted by atomic mass is 9.87. The van der Waals surface area contributed by atoms with Gasteiger partial charge in [-0.05, 0) is 42.0 Å². The van der Waals surface area contributed by atoms with Crippen LogP contribution >= 0.6 is 11.6 Å². The van der Waals surface area contributed by atoms with Crippen LogP contribution in [0.4, 0.5) is 0 Å². The van der Waals surface area contributed by atoms with Crippen LogP contribution in [0.5, 0.6) is 0 Å². The van der Waals surface area contributed by atoms with E-state index in [4.69, 9.17) is 16.3 Å². The van der Waals surface area contributed by atoms with E-state index in [0.29, 0.717) is 31.3 Å². The molecule has 2 aliphatic carbocycles. The average molecular weight is 279 g/mol. The Morgan fingerprint density at radius 1 is 1.21 bits per heavy atom. The first-order valence-electron chi connectivity index (χ1n) is 7.16. The summed E-state index contributed by atoms with van der Waals surface area (Å²) in [5, 5.41) is 0.783. The minimum Gasteiger partial charge on any atom is -0.373 e. The molecule has 3 rings (SSSR count). The van der Waals surface area contributed by atoms with E-state index in [9.17, 15) is 4.79 Å². The summed E-state index contributed by atoms with van der Waals surface area (Å²) in [6.45, 7) is 0.598. The molecule has 1 aromatic carbocycles. The van der Waals surface area contributed by atoms with Gasteiger partial charge in [-0.15, -0.1) is 0 Å². The van der Waals surface area contributed by atoms with Gasteiger partial charge in [0.25, 0.3) is 0 Å². The van der Waals surface area contributed by atoms with Crippen molar-refractivity contribution in [3.05, 3.63) is 33.8 Å². The van der Waals surface area contributed by atoms with Gasteiger partial charge in [0.15, 0.2) is 0 Å². The number of benzene rings is 1. The molecule has 3 heteroatoms. The minimum atomic E-state index is 0.331. The number of Topliss-reactive ketones (excluding diaryl/α,β-unsaturated/α-hetero) is 1. The van der Waals surface area contributed by atoms with E-state index >= 15 is 0 Å². The maximum atomic E-state index is 11.5. The molecule has 0 spiro atoms. The molecule has 0 aromatic heterocycles. The van der Waals surface area contributed by atoms with Crippen molar-refractivity contribution in [3.8, 4) is 0 Å². The van der Waals surface area contributed by atoms with Gasteiger partial charge in [0, 0.05) is 17.9 Å². The van der Waals surface area contributed by atoms with E-state index in [1.165, 1.54) is 31.2 Å². The molecule has 102 valence electrons. The zero-order chi connectivity index (χ0) is 13.2. The van der Waals surface area contributed by atoms with Crippen LogP contribution in [0.25, 0.3) is 0 Å². The van der Waals surface area contributed by atoms with Crippen LogP contribution in [-0.4, -0.2) is 11.9 Å². The summed E-state index contributed by atoms with van der Waals surface area (Å²) in [4.78, 5) is 11.5. The van der Waals surface area contributed by atoms with Gasteiger partial charge >= 0.3 is 0 Å². The van der Waals surface area contributed by atoms with Gasteiger partial charge in [0.1, 0.15) is 5.78 Å². The number of ether oxygens (including phenoxy) is 1. The Balaban J connectivity index is 1.79. The minimum absolute atomic E-state index is 0.331. The Kier molecular flexibility index (Phi) is 3.90. The molecular formula is C16H19ClO2. The van der Waals surface area contributed by atoms with Crippen molar-refractivity contribution in [2.75, 3.05) is 0 Å². The van der Waals surface area contributed by atoms with Crippen LogP contribution in [0, 0.1) is 0 Å². The average Bonchev–Trinajstić information content (AvgIpc) is 2.91. The number of carbonyl (C=O) groups excluding carboxylic acids is 1. The number of hydrogen-bond acceptors (Lipinski definition) is 2. The third-order valence-corrected chi connectivity index (χ3v) is 4.63. The van der Waals surface area contributed by atoms with Crippen LogP contribution in [-0.2, 0) is 29.0 Å². The lowest BCUT2D eigenvalue weighted by molar-refractivity contribution is -0.118. The predicted molar refractivity (Wildman–Crippen MR) is 75.5 cm³/mol. The summed E-state index contributed by atoms with van der Waals surface area (Å²) in [7, 11) is 0. The lowest BCUT2D eigenvalue weighted by Gasteiger charge is -2.21. The van der Waals surface area contributed by atoms with Crippen LogP contribution in [0.2, 0.25) is 5.02 Å². The van der Waals surface area contributed by atoms with Gasteiger partial charge in [0.05, 0.1) is 12.7 Å². The smallest absolute Gasteiger partial charge is 0.137 e. The van der Waals surface area contributed by atoms with Gasteiger partial charge in [-0.3, -0.25) is 4.79 Å². The maximum Gasteiger partial charge on any atom is 0.137 e. The SMILES string of the molecule is O=C1CCc2c(ccc(Cl)c2COC2CCCC2)C1. The molecule has 0 bridgehead atoms. The Labute approximate surface area is 119 Å². The zero-order valence-electron chi connectivity index (χ0n) is 11.1. The molecule has 1 saturated carbocycles. The number of hydrogen-bond donors (Lipinski definition) is 0. The first-order chi connectivity index (χ1) is 9.24. The largest absolute Gasteiger partial charge is 0.373 e. The van der Waals surface area contributed by atoms with Crippen molar-refractivity contribution in [3.63, 3.8) is 0 Å². The number of ketones is 1. The Morgan fingerprint density at radius 3 is 2.79 bits per heavy atom. The molecule has 0 atom stereocenters. The standard InChI is InChI=1S/C16H19ClO2/c17-16-8-5-11-9-12(18)6-7-14(11)15(16)10-19-13-3-1-2-4-13/h5,8,13H,1-4,6-7,9-10H2. The summed E-state index contributed by atoms with van der Waals surface area (Å²) in [5.74, 6) is 0.331. The van der Waals surface area contributed by atoms with E-state index in [2.05, 4.69) is 0 Å². The van der Waals surface area contributed by atoms with Gasteiger partial charge in [-0.25, -0.2) is 0 Å². The second kappa shape index (κ2) is 5.64. The first-order valence-corrected chi connectivity index (χ1v) is 7.54. The van der Waals surface area contributed by atoms with Gasteiger partial charge in [-0.2, -0.15) is 0 Å². The van der Waals surface area contributed by atoms with Crippen molar-refractivity contribution >= 4 is 17.4 Å². The van der Waals surface area contributed by atoms with Crippen molar-refractivity contribution in [2.24, 2.45) is 0 Å². The highest BCUT2D eigenvalue weighted by atomic mass is 35.5. The van der Waals surface area contributed by atoms with E-state index in [1.54, 1.807) is 0 Å². The van der Waals surface area contributed by atoms with Crippen LogP contribution < -0.4 is 0 Å². The van der Waals surface area contributed by atoms with Crippen molar-refractivity contribution in [1.82, 2.24) is 0 Å². The zero-order valence-corrected chi connectivity index (χ0v) is 11.8. The molecule has 0 aliphatic heterocycles. The highest BCUT2D eigenvalue weighted by Gasteiger charge is 2.22. The second-order valence-corrected chi connectivity index (χ2v) is 6.00. The van der Waals surface area contributed by atoms with E-state index in [1.807, 2.05) is 12.1 Å². The maximum absolute atomic E-state index is 11.5. The molecule has 0 radical (unpaired) electrons. The van der Waals surface area contributed by atoms with E-state index in [0.717, 1.165) is 22.6 Å². The third kappa shape index (κ3) is 2.85. The lowest BCUT2D eigenvalue weighted by Crippen LogP contribution is -2.17. The first kappa shape index (κ1) is 13.1. The van der Waals surface area contributed by atoms with Crippen LogP contribution in [0.15, 0.2) is 12.1 Å². The molecule has 0 amide bonds. The molecule has 0 saturated heterocycles. The highest BCUT2D eigenvalue weighted by Crippen LogP contribution is 2.31. The van der Waals surface area contributed by atoms with Gasteiger partial charge in [0.2, 0.25) is 0 Å². The monoisotopic (exact) mass is 278 g/mol. The molecule has 1 aromatic rings. The second-order valence-electron chi connectivity index (χ2n) is 5.60. The number of fused-ring (bicyclic) bond motifs is 1. The summed E-state index contributed by atoms with van der Waals surface area (Å²) in [6, 6.07) is 3.90. The molecule has 2 nitrogen and oxygen atoms in total. The fourth-order valence-corrected chi connectivity index (χ4v) is 3.40. The molecule has 0 N–H and O–H groups in total.